The summed E-state index contributed by atoms with van der Waals surface area (Å²) in [5, 5.41) is 11.6. The molecule has 8 heteroatoms. The van der Waals surface area contributed by atoms with Crippen LogP contribution in [-0.2, 0) is 16.0 Å². The van der Waals surface area contributed by atoms with Crippen molar-refractivity contribution in [2.45, 2.75) is 19.5 Å². The molecule has 1 heterocycles. The largest absolute Gasteiger partial charge is 0.481 e. The zero-order valence-electron chi connectivity index (χ0n) is 13.8. The number of aryl methyl sites for hydroxylation is 1. The summed E-state index contributed by atoms with van der Waals surface area (Å²) in [5.74, 6) is -5.35. The highest BCUT2D eigenvalue weighted by Crippen LogP contribution is 2.37. The van der Waals surface area contributed by atoms with Gasteiger partial charge in [0.15, 0.2) is 0 Å². The van der Waals surface area contributed by atoms with E-state index in [-0.39, 0.29) is 13.1 Å². The molecule has 0 unspecified atom stereocenters. The first-order chi connectivity index (χ1) is 11.7. The number of alkyl halides is 3. The number of likely N-dealkylation sites (tertiary alicyclic amines) is 1. The summed E-state index contributed by atoms with van der Waals surface area (Å²) in [6.07, 6.45) is -3.96. The van der Waals surface area contributed by atoms with E-state index < -0.39 is 36.4 Å². The van der Waals surface area contributed by atoms with Crippen LogP contribution in [0.25, 0.3) is 0 Å². The SMILES string of the molecule is Cc1ccccc1CCNC(=O)CN1C[C@@H](C(F)(F)F)[C@H](C(=O)O)C1. The predicted molar refractivity (Wildman–Crippen MR) is 85.0 cm³/mol. The highest BCUT2D eigenvalue weighted by Gasteiger charge is 2.52. The molecule has 1 saturated heterocycles. The fourth-order valence-corrected chi connectivity index (χ4v) is 3.08. The fraction of sp³-hybridized carbons (Fsp3) is 0.529. The molecule has 25 heavy (non-hydrogen) atoms. The molecule has 1 aliphatic rings. The first kappa shape index (κ1) is 19.2. The minimum absolute atomic E-state index is 0.232. The van der Waals surface area contributed by atoms with Crippen molar-refractivity contribution in [3.63, 3.8) is 0 Å². The molecular weight excluding hydrogens is 337 g/mol. The van der Waals surface area contributed by atoms with E-state index in [4.69, 9.17) is 5.11 Å². The maximum Gasteiger partial charge on any atom is 0.393 e. The van der Waals surface area contributed by atoms with Gasteiger partial charge in [-0.15, -0.1) is 0 Å². The van der Waals surface area contributed by atoms with Gasteiger partial charge in [-0.05, 0) is 24.5 Å². The summed E-state index contributed by atoms with van der Waals surface area (Å²) in [6.45, 7) is 1.37. The molecule has 5 nitrogen and oxygen atoms in total. The molecule has 1 aliphatic heterocycles. The van der Waals surface area contributed by atoms with E-state index in [1.165, 1.54) is 4.90 Å². The van der Waals surface area contributed by atoms with Crippen LogP contribution in [0.15, 0.2) is 24.3 Å². The minimum atomic E-state index is -4.58. The summed E-state index contributed by atoms with van der Waals surface area (Å²) < 4.78 is 38.8. The summed E-state index contributed by atoms with van der Waals surface area (Å²) in [7, 11) is 0. The first-order valence-electron chi connectivity index (χ1n) is 8.01. The van der Waals surface area contributed by atoms with Crippen LogP contribution in [0.3, 0.4) is 0 Å². The Balaban J connectivity index is 1.82. The van der Waals surface area contributed by atoms with Crippen LogP contribution in [0.1, 0.15) is 11.1 Å². The van der Waals surface area contributed by atoms with E-state index in [1.807, 2.05) is 31.2 Å². The molecule has 0 spiro atoms. The third kappa shape index (κ3) is 5.19. The maximum absolute atomic E-state index is 12.9. The number of benzene rings is 1. The Labute approximate surface area is 143 Å². The van der Waals surface area contributed by atoms with Crippen LogP contribution in [-0.4, -0.2) is 54.2 Å². The Morgan fingerprint density at radius 1 is 1.28 bits per heavy atom. The molecule has 0 saturated carbocycles. The van der Waals surface area contributed by atoms with Gasteiger partial charge < -0.3 is 10.4 Å². The molecule has 2 N–H and O–H groups in total. The number of aliphatic carboxylic acids is 1. The number of carbonyl (C=O) groups excluding carboxylic acids is 1. The summed E-state index contributed by atoms with van der Waals surface area (Å²) >= 11 is 0. The number of hydrogen-bond donors (Lipinski definition) is 2. The number of nitrogens with one attached hydrogen (secondary N) is 1. The number of amides is 1. The normalized spacial score (nSPS) is 21.3. The first-order valence-corrected chi connectivity index (χ1v) is 8.01. The van der Waals surface area contributed by atoms with Crippen molar-refractivity contribution in [2.24, 2.45) is 11.8 Å². The van der Waals surface area contributed by atoms with Crippen molar-refractivity contribution in [3.05, 3.63) is 35.4 Å². The van der Waals surface area contributed by atoms with Crippen molar-refractivity contribution in [1.29, 1.82) is 0 Å². The number of carboxylic acid groups (broad SMARTS) is 1. The van der Waals surface area contributed by atoms with Crippen molar-refractivity contribution < 1.29 is 27.9 Å². The van der Waals surface area contributed by atoms with E-state index in [1.54, 1.807) is 0 Å². The van der Waals surface area contributed by atoms with E-state index >= 15 is 0 Å². The average Bonchev–Trinajstić information content (AvgIpc) is 2.93. The molecule has 2 atom stereocenters. The van der Waals surface area contributed by atoms with Gasteiger partial charge in [-0.3, -0.25) is 14.5 Å². The van der Waals surface area contributed by atoms with Gasteiger partial charge in [0.1, 0.15) is 0 Å². The van der Waals surface area contributed by atoms with Crippen molar-refractivity contribution >= 4 is 11.9 Å². The molecule has 0 bridgehead atoms. The number of carbonyl (C=O) groups is 2. The van der Waals surface area contributed by atoms with Gasteiger partial charge in [0.25, 0.3) is 0 Å². The highest BCUT2D eigenvalue weighted by molar-refractivity contribution is 5.78. The number of rotatable bonds is 6. The number of carboxylic acids is 1. The standard InChI is InChI=1S/C17H21F3N2O3/c1-11-4-2-3-5-12(11)6-7-21-15(23)10-22-8-13(16(24)25)14(9-22)17(18,19)20/h2-5,13-14H,6-10H2,1H3,(H,21,23)(H,24,25)/t13-,14-/m1/s1. The predicted octanol–water partition coefficient (Wildman–Crippen LogP) is 1.85. The van der Waals surface area contributed by atoms with E-state index in [2.05, 4.69) is 5.32 Å². The lowest BCUT2D eigenvalue weighted by molar-refractivity contribution is -0.188. The van der Waals surface area contributed by atoms with E-state index in [0.29, 0.717) is 13.0 Å². The quantitative estimate of drug-likeness (QED) is 0.814. The molecule has 138 valence electrons. The Hall–Kier alpha value is -2.09. The van der Waals surface area contributed by atoms with E-state index in [0.717, 1.165) is 11.1 Å². The third-order valence-electron chi connectivity index (χ3n) is 4.48. The van der Waals surface area contributed by atoms with Gasteiger partial charge >= 0.3 is 12.1 Å². The molecular formula is C17H21F3N2O3. The summed E-state index contributed by atoms with van der Waals surface area (Å²) in [6, 6.07) is 7.73. The van der Waals surface area contributed by atoms with Crippen molar-refractivity contribution in [1.82, 2.24) is 10.2 Å². The summed E-state index contributed by atoms with van der Waals surface area (Å²) in [5.41, 5.74) is 2.20. The molecule has 1 amide bonds. The minimum Gasteiger partial charge on any atom is -0.481 e. The third-order valence-corrected chi connectivity index (χ3v) is 4.48. The van der Waals surface area contributed by atoms with Gasteiger partial charge in [-0.2, -0.15) is 13.2 Å². The number of hydrogen-bond acceptors (Lipinski definition) is 3. The van der Waals surface area contributed by atoms with Crippen molar-refractivity contribution in [2.75, 3.05) is 26.2 Å². The van der Waals surface area contributed by atoms with Gasteiger partial charge in [-0.25, -0.2) is 0 Å². The summed E-state index contributed by atoms with van der Waals surface area (Å²) in [4.78, 5) is 24.2. The van der Waals surface area contributed by atoms with Gasteiger partial charge in [0.2, 0.25) is 5.91 Å². The van der Waals surface area contributed by atoms with Gasteiger partial charge in [-0.1, -0.05) is 24.3 Å². The zero-order valence-corrected chi connectivity index (χ0v) is 13.8. The van der Waals surface area contributed by atoms with Crippen LogP contribution in [0.2, 0.25) is 0 Å². The zero-order chi connectivity index (χ0) is 18.6. The lowest BCUT2D eigenvalue weighted by atomic mass is 9.96. The Morgan fingerprint density at radius 2 is 1.96 bits per heavy atom. The number of nitrogens with zero attached hydrogens (tertiary/aromatic N) is 1. The molecule has 1 aromatic carbocycles. The Morgan fingerprint density at radius 3 is 2.52 bits per heavy atom. The second-order valence-electron chi connectivity index (χ2n) is 6.31. The average molecular weight is 358 g/mol. The molecule has 1 fully saturated rings. The van der Waals surface area contributed by atoms with Crippen LogP contribution in [0.4, 0.5) is 13.2 Å². The number of halogens is 3. The topological polar surface area (TPSA) is 69.6 Å². The molecule has 0 radical (unpaired) electrons. The second kappa shape index (κ2) is 7.86. The van der Waals surface area contributed by atoms with Crippen LogP contribution in [0.5, 0.6) is 0 Å². The Kier molecular flexibility index (Phi) is 6.05. The monoisotopic (exact) mass is 358 g/mol. The van der Waals surface area contributed by atoms with Crippen LogP contribution in [0, 0.1) is 18.8 Å². The van der Waals surface area contributed by atoms with Crippen molar-refractivity contribution in [3.8, 4) is 0 Å². The van der Waals surface area contributed by atoms with Crippen LogP contribution >= 0.6 is 0 Å². The molecule has 0 aromatic heterocycles. The fourth-order valence-electron chi connectivity index (χ4n) is 3.08. The molecule has 2 rings (SSSR count). The van der Waals surface area contributed by atoms with Gasteiger partial charge in [0.05, 0.1) is 18.4 Å². The molecule has 0 aliphatic carbocycles. The Bertz CT molecular complexity index is 634. The second-order valence-corrected chi connectivity index (χ2v) is 6.31. The highest BCUT2D eigenvalue weighted by atomic mass is 19.4. The van der Waals surface area contributed by atoms with Crippen LogP contribution < -0.4 is 5.32 Å². The van der Waals surface area contributed by atoms with E-state index in [9.17, 15) is 22.8 Å². The lowest BCUT2D eigenvalue weighted by Gasteiger charge is -2.18. The smallest absolute Gasteiger partial charge is 0.393 e. The lowest BCUT2D eigenvalue weighted by Crippen LogP contribution is -2.37. The van der Waals surface area contributed by atoms with Gasteiger partial charge in [0, 0.05) is 19.6 Å². The maximum atomic E-state index is 12.9. The molecule has 1 aromatic rings.